The zero-order valence-corrected chi connectivity index (χ0v) is 19.9. The second-order valence-electron chi connectivity index (χ2n) is 7.72. The molecular weight excluding hydrogens is 456 g/mol. The second-order valence-corrected chi connectivity index (χ2v) is 8.63. The SMILES string of the molecule is CCCCOc1ccc(C(=C(c2ccccc2)c2ccc(Br)cc2)c2ccccc2)cc1. The first-order valence-electron chi connectivity index (χ1n) is 11.1. The minimum absolute atomic E-state index is 0.755. The molecule has 0 aliphatic rings. The van der Waals surface area contributed by atoms with Crippen LogP contribution in [-0.2, 0) is 0 Å². The third-order valence-electron chi connectivity index (χ3n) is 5.42. The number of hydrogen-bond donors (Lipinski definition) is 0. The molecule has 4 aromatic rings. The average molecular weight is 483 g/mol. The van der Waals surface area contributed by atoms with Crippen LogP contribution in [0.4, 0.5) is 0 Å². The molecular formula is C30H27BrO. The first-order chi connectivity index (χ1) is 15.8. The Balaban J connectivity index is 1.91. The molecule has 0 fully saturated rings. The predicted octanol–water partition coefficient (Wildman–Crippen LogP) is 8.64. The van der Waals surface area contributed by atoms with Gasteiger partial charge < -0.3 is 4.74 Å². The van der Waals surface area contributed by atoms with Gasteiger partial charge in [0.15, 0.2) is 0 Å². The minimum Gasteiger partial charge on any atom is -0.494 e. The third-order valence-corrected chi connectivity index (χ3v) is 5.95. The Labute approximate surface area is 199 Å². The first-order valence-corrected chi connectivity index (χ1v) is 11.9. The summed E-state index contributed by atoms with van der Waals surface area (Å²) in [5, 5.41) is 0. The van der Waals surface area contributed by atoms with Crippen LogP contribution in [0.5, 0.6) is 5.75 Å². The fraction of sp³-hybridized carbons (Fsp3) is 0.133. The normalized spacial score (nSPS) is 11.7. The van der Waals surface area contributed by atoms with E-state index in [4.69, 9.17) is 4.74 Å². The molecule has 0 atom stereocenters. The van der Waals surface area contributed by atoms with E-state index in [1.54, 1.807) is 0 Å². The summed E-state index contributed by atoms with van der Waals surface area (Å²) in [5.74, 6) is 0.916. The fourth-order valence-corrected chi connectivity index (χ4v) is 4.05. The first kappa shape index (κ1) is 22.1. The molecule has 2 heteroatoms. The molecule has 4 rings (SSSR count). The van der Waals surface area contributed by atoms with Crippen LogP contribution < -0.4 is 4.74 Å². The van der Waals surface area contributed by atoms with Gasteiger partial charge in [0.05, 0.1) is 6.61 Å². The zero-order chi connectivity index (χ0) is 22.2. The summed E-state index contributed by atoms with van der Waals surface area (Å²) in [7, 11) is 0. The number of benzene rings is 4. The molecule has 0 amide bonds. The van der Waals surface area contributed by atoms with E-state index in [2.05, 4.69) is 132 Å². The molecule has 32 heavy (non-hydrogen) atoms. The summed E-state index contributed by atoms with van der Waals surface area (Å²) in [6.07, 6.45) is 2.20. The molecule has 0 N–H and O–H groups in total. The Morgan fingerprint density at radius 2 is 1.03 bits per heavy atom. The van der Waals surface area contributed by atoms with E-state index in [0.29, 0.717) is 0 Å². The third kappa shape index (κ3) is 5.38. The van der Waals surface area contributed by atoms with Crippen LogP contribution >= 0.6 is 15.9 Å². The van der Waals surface area contributed by atoms with E-state index in [9.17, 15) is 0 Å². The Kier molecular flexibility index (Phi) is 7.58. The van der Waals surface area contributed by atoms with Crippen molar-refractivity contribution in [2.75, 3.05) is 6.61 Å². The van der Waals surface area contributed by atoms with Crippen molar-refractivity contribution in [2.45, 2.75) is 19.8 Å². The van der Waals surface area contributed by atoms with E-state index in [0.717, 1.165) is 29.7 Å². The molecule has 0 heterocycles. The van der Waals surface area contributed by atoms with Gasteiger partial charge in [-0.3, -0.25) is 0 Å². The van der Waals surface area contributed by atoms with Crippen molar-refractivity contribution in [1.29, 1.82) is 0 Å². The van der Waals surface area contributed by atoms with Crippen molar-refractivity contribution >= 4 is 27.1 Å². The van der Waals surface area contributed by atoms with Gasteiger partial charge in [0.2, 0.25) is 0 Å². The van der Waals surface area contributed by atoms with Crippen LogP contribution in [0.1, 0.15) is 42.0 Å². The van der Waals surface area contributed by atoms with Crippen molar-refractivity contribution in [3.63, 3.8) is 0 Å². The van der Waals surface area contributed by atoms with Gasteiger partial charge in [-0.05, 0) is 64.1 Å². The van der Waals surface area contributed by atoms with Gasteiger partial charge in [0.25, 0.3) is 0 Å². The van der Waals surface area contributed by atoms with Gasteiger partial charge in [-0.2, -0.15) is 0 Å². The molecule has 1 nitrogen and oxygen atoms in total. The van der Waals surface area contributed by atoms with Crippen molar-refractivity contribution < 1.29 is 4.74 Å². The maximum atomic E-state index is 5.91. The number of rotatable bonds is 8. The summed E-state index contributed by atoms with van der Waals surface area (Å²) in [6.45, 7) is 2.93. The van der Waals surface area contributed by atoms with Gasteiger partial charge in [-0.25, -0.2) is 0 Å². The molecule has 0 spiro atoms. The zero-order valence-electron chi connectivity index (χ0n) is 18.3. The topological polar surface area (TPSA) is 9.23 Å². The molecule has 0 saturated carbocycles. The van der Waals surface area contributed by atoms with E-state index in [1.807, 2.05) is 0 Å². The summed E-state index contributed by atoms with van der Waals surface area (Å²) in [6, 6.07) is 38.3. The largest absolute Gasteiger partial charge is 0.494 e. The van der Waals surface area contributed by atoms with Crippen molar-refractivity contribution in [1.82, 2.24) is 0 Å². The second kappa shape index (κ2) is 11.0. The van der Waals surface area contributed by atoms with Crippen molar-refractivity contribution in [3.05, 3.63) is 136 Å². The standard InChI is InChI=1S/C30H27BrO/c1-2-3-22-32-28-20-16-26(17-21-28)30(24-12-8-5-9-13-24)29(23-10-6-4-7-11-23)25-14-18-27(31)19-15-25/h4-21H,2-3,22H2,1H3. The molecule has 4 aromatic carbocycles. The molecule has 0 aliphatic heterocycles. The van der Waals surface area contributed by atoms with Crippen molar-refractivity contribution in [3.8, 4) is 5.75 Å². The predicted molar refractivity (Wildman–Crippen MR) is 139 cm³/mol. The number of halogens is 1. The van der Waals surface area contributed by atoms with Crippen molar-refractivity contribution in [2.24, 2.45) is 0 Å². The highest BCUT2D eigenvalue weighted by Gasteiger charge is 2.16. The lowest BCUT2D eigenvalue weighted by Gasteiger charge is -2.18. The Bertz CT molecular complexity index is 1150. The maximum absolute atomic E-state index is 5.91. The number of hydrogen-bond acceptors (Lipinski definition) is 1. The van der Waals surface area contributed by atoms with Crippen LogP contribution in [0.15, 0.2) is 114 Å². The van der Waals surface area contributed by atoms with Gasteiger partial charge in [0, 0.05) is 4.47 Å². The van der Waals surface area contributed by atoms with Gasteiger partial charge in [-0.15, -0.1) is 0 Å². The van der Waals surface area contributed by atoms with E-state index in [-0.39, 0.29) is 0 Å². The lowest BCUT2D eigenvalue weighted by Crippen LogP contribution is -1.99. The number of unbranched alkanes of at least 4 members (excludes halogenated alkanes) is 1. The highest BCUT2D eigenvalue weighted by molar-refractivity contribution is 9.10. The van der Waals surface area contributed by atoms with E-state index >= 15 is 0 Å². The Hall–Kier alpha value is -3.10. The highest BCUT2D eigenvalue weighted by Crippen LogP contribution is 2.37. The Morgan fingerprint density at radius 1 is 0.594 bits per heavy atom. The van der Waals surface area contributed by atoms with Crippen LogP contribution in [0, 0.1) is 0 Å². The molecule has 0 unspecified atom stereocenters. The van der Waals surface area contributed by atoms with Gasteiger partial charge in [0.1, 0.15) is 5.75 Å². The van der Waals surface area contributed by atoms with E-state index in [1.165, 1.54) is 33.4 Å². The monoisotopic (exact) mass is 482 g/mol. The van der Waals surface area contributed by atoms with Crippen LogP contribution in [-0.4, -0.2) is 6.61 Å². The number of ether oxygens (including phenoxy) is 1. The molecule has 160 valence electrons. The minimum atomic E-state index is 0.755. The lowest BCUT2D eigenvalue weighted by molar-refractivity contribution is 0.309. The van der Waals surface area contributed by atoms with Crippen LogP contribution in [0.25, 0.3) is 11.1 Å². The van der Waals surface area contributed by atoms with E-state index < -0.39 is 0 Å². The van der Waals surface area contributed by atoms with Gasteiger partial charge in [-0.1, -0.05) is 114 Å². The maximum Gasteiger partial charge on any atom is 0.119 e. The smallest absolute Gasteiger partial charge is 0.119 e. The summed E-state index contributed by atoms with van der Waals surface area (Å²) in [4.78, 5) is 0. The Morgan fingerprint density at radius 3 is 1.50 bits per heavy atom. The highest BCUT2D eigenvalue weighted by atomic mass is 79.9. The van der Waals surface area contributed by atoms with Crippen LogP contribution in [0.3, 0.4) is 0 Å². The summed E-state index contributed by atoms with van der Waals surface area (Å²) < 4.78 is 6.98. The molecule has 0 saturated heterocycles. The molecule has 0 radical (unpaired) electrons. The summed E-state index contributed by atoms with van der Waals surface area (Å²) in [5.41, 5.74) is 7.15. The fourth-order valence-electron chi connectivity index (χ4n) is 3.79. The summed E-state index contributed by atoms with van der Waals surface area (Å²) >= 11 is 3.58. The molecule has 0 aromatic heterocycles. The molecule has 0 bridgehead atoms. The quantitative estimate of drug-likeness (QED) is 0.180. The van der Waals surface area contributed by atoms with Gasteiger partial charge >= 0.3 is 0 Å². The lowest BCUT2D eigenvalue weighted by atomic mass is 9.86. The molecule has 0 aliphatic carbocycles. The van der Waals surface area contributed by atoms with Crippen LogP contribution in [0.2, 0.25) is 0 Å². The average Bonchev–Trinajstić information content (AvgIpc) is 2.85.